The van der Waals surface area contributed by atoms with Gasteiger partial charge in [-0.1, -0.05) is 221 Å². The van der Waals surface area contributed by atoms with Gasteiger partial charge < -0.3 is 14.2 Å². The molecule has 0 aliphatic heterocycles. The van der Waals surface area contributed by atoms with E-state index in [9.17, 15) is 14.4 Å². The van der Waals surface area contributed by atoms with E-state index in [1.165, 1.54) is 103 Å². The summed E-state index contributed by atoms with van der Waals surface area (Å²) in [5.41, 5.74) is 0. The Hall–Kier alpha value is -3.41. The lowest BCUT2D eigenvalue weighted by molar-refractivity contribution is -0.166. The van der Waals surface area contributed by atoms with Gasteiger partial charge in [0.2, 0.25) is 0 Å². The quantitative estimate of drug-likeness (QED) is 0.0199. The molecule has 0 bridgehead atoms. The number of esters is 3. The maximum atomic E-state index is 12.8. The average Bonchev–Trinajstić information content (AvgIpc) is 3.28. The first-order valence-electron chi connectivity index (χ1n) is 26.1. The van der Waals surface area contributed by atoms with Gasteiger partial charge in [-0.3, -0.25) is 14.4 Å². The number of carbonyl (C=O) groups is 3. The number of rotatable bonds is 46. The van der Waals surface area contributed by atoms with Crippen molar-refractivity contribution < 1.29 is 28.6 Å². The highest BCUT2D eigenvalue weighted by molar-refractivity contribution is 5.72. The normalized spacial score (nSPS) is 12.7. The molecular weight excluding hydrogens is 781 g/mol. The van der Waals surface area contributed by atoms with E-state index >= 15 is 0 Å². The fourth-order valence-electron chi connectivity index (χ4n) is 7.03. The van der Waals surface area contributed by atoms with Gasteiger partial charge in [-0.05, 0) is 83.5 Å². The summed E-state index contributed by atoms with van der Waals surface area (Å²) in [7, 11) is 0. The van der Waals surface area contributed by atoms with Crippen molar-refractivity contribution in [2.24, 2.45) is 0 Å². The van der Waals surface area contributed by atoms with Crippen molar-refractivity contribution in [2.45, 2.75) is 245 Å². The Morgan fingerprint density at radius 3 is 1.22 bits per heavy atom. The van der Waals surface area contributed by atoms with Crippen LogP contribution in [-0.4, -0.2) is 37.2 Å². The molecule has 0 saturated heterocycles. The third kappa shape index (κ3) is 49.5. The monoisotopic (exact) mass is 877 g/mol. The van der Waals surface area contributed by atoms with Gasteiger partial charge in [0.25, 0.3) is 0 Å². The maximum Gasteiger partial charge on any atom is 0.309 e. The van der Waals surface area contributed by atoms with Gasteiger partial charge in [0.15, 0.2) is 6.10 Å². The summed E-state index contributed by atoms with van der Waals surface area (Å²) in [6, 6.07) is 0. The Labute approximate surface area is 388 Å². The number of carbonyl (C=O) groups excluding carboxylic acids is 3. The molecule has 360 valence electrons. The number of unbranched alkanes of at least 4 members (excludes halogenated alkanes) is 24. The van der Waals surface area contributed by atoms with Gasteiger partial charge >= 0.3 is 17.9 Å². The summed E-state index contributed by atoms with van der Waals surface area (Å²) in [4.78, 5) is 37.8. The molecule has 1 unspecified atom stereocenters. The van der Waals surface area contributed by atoms with E-state index in [0.717, 1.165) is 96.3 Å². The second-order valence-electron chi connectivity index (χ2n) is 17.1. The van der Waals surface area contributed by atoms with E-state index in [4.69, 9.17) is 14.2 Å². The summed E-state index contributed by atoms with van der Waals surface area (Å²) in [5, 5.41) is 0. The van der Waals surface area contributed by atoms with Crippen LogP contribution in [0.15, 0.2) is 85.1 Å². The largest absolute Gasteiger partial charge is 0.462 e. The van der Waals surface area contributed by atoms with Crippen LogP contribution in [-0.2, 0) is 28.6 Å². The molecule has 6 nitrogen and oxygen atoms in total. The predicted octanol–water partition coefficient (Wildman–Crippen LogP) is 17.2. The molecule has 0 amide bonds. The third-order valence-corrected chi connectivity index (χ3v) is 10.9. The van der Waals surface area contributed by atoms with E-state index < -0.39 is 12.1 Å². The molecule has 0 spiro atoms. The zero-order valence-corrected chi connectivity index (χ0v) is 41.1. The molecule has 0 aromatic rings. The molecule has 0 fully saturated rings. The van der Waals surface area contributed by atoms with Crippen LogP contribution in [0.1, 0.15) is 239 Å². The second kappa shape index (κ2) is 51.2. The lowest BCUT2D eigenvalue weighted by atomic mass is 10.1. The fourth-order valence-corrected chi connectivity index (χ4v) is 7.03. The standard InChI is InChI=1S/C57H96O6/c1-4-7-10-13-16-19-21-23-25-27-29-31-33-35-38-41-44-47-50-56(59)62-53-54(52-61-55(58)49-46-43-40-37-18-15-12-9-6-3)63-57(60)51-48-45-42-39-36-34-32-30-28-26-24-22-20-17-14-11-8-5-2/h9,12,18,21,23,25,27,29-32,37,43,46,54H,4-8,10-11,13-17,19-20,22,24,26,28,33-36,38-42,44-45,47-53H2,1-3H3/b12-9-,23-21-,27-25-,31-29-,32-30-,37-18-,46-43-. The van der Waals surface area contributed by atoms with Gasteiger partial charge in [0.05, 0.1) is 6.42 Å². The molecule has 0 aromatic carbocycles. The summed E-state index contributed by atoms with van der Waals surface area (Å²) >= 11 is 0. The van der Waals surface area contributed by atoms with Crippen molar-refractivity contribution in [3.8, 4) is 0 Å². The highest BCUT2D eigenvalue weighted by Crippen LogP contribution is 2.14. The first-order valence-corrected chi connectivity index (χ1v) is 26.1. The topological polar surface area (TPSA) is 78.9 Å². The molecule has 0 radical (unpaired) electrons. The van der Waals surface area contributed by atoms with Gasteiger partial charge in [-0.25, -0.2) is 0 Å². The minimum atomic E-state index is -0.824. The van der Waals surface area contributed by atoms with Crippen LogP contribution in [0.25, 0.3) is 0 Å². The van der Waals surface area contributed by atoms with Crippen LogP contribution >= 0.6 is 0 Å². The molecule has 0 rings (SSSR count). The molecular formula is C57H96O6. The number of ether oxygens (including phenoxy) is 3. The molecule has 6 heteroatoms. The Morgan fingerprint density at radius 1 is 0.365 bits per heavy atom. The van der Waals surface area contributed by atoms with Crippen molar-refractivity contribution >= 4 is 17.9 Å². The van der Waals surface area contributed by atoms with Crippen LogP contribution in [0.5, 0.6) is 0 Å². The zero-order valence-electron chi connectivity index (χ0n) is 41.1. The molecule has 1 atom stereocenters. The van der Waals surface area contributed by atoms with E-state index in [1.54, 1.807) is 6.08 Å². The lowest BCUT2D eigenvalue weighted by Gasteiger charge is -2.18. The SMILES string of the molecule is CC/C=C\C/C=C\C/C=C\CC(=O)OCC(COC(=O)CCCCCCC\C=C/C=C\C=C/CCCCCCC)OC(=O)CCCCCCC/C=C\CCCCCCCCCCC. The summed E-state index contributed by atoms with van der Waals surface area (Å²) in [5.74, 6) is -1.07. The Balaban J connectivity index is 4.42. The summed E-state index contributed by atoms with van der Waals surface area (Å²) < 4.78 is 16.6. The van der Waals surface area contributed by atoms with Gasteiger partial charge in [-0.2, -0.15) is 0 Å². The van der Waals surface area contributed by atoms with Crippen molar-refractivity contribution in [1.82, 2.24) is 0 Å². The van der Waals surface area contributed by atoms with Crippen molar-refractivity contribution in [2.75, 3.05) is 13.2 Å². The Kier molecular flexibility index (Phi) is 48.5. The first kappa shape index (κ1) is 59.6. The minimum absolute atomic E-state index is 0.118. The Bertz CT molecular complexity index is 1240. The molecule has 0 heterocycles. The molecule has 0 aliphatic carbocycles. The van der Waals surface area contributed by atoms with Gasteiger partial charge in [0.1, 0.15) is 13.2 Å². The molecule has 63 heavy (non-hydrogen) atoms. The smallest absolute Gasteiger partial charge is 0.309 e. The van der Waals surface area contributed by atoms with E-state index in [1.807, 2.05) is 6.08 Å². The molecule has 0 aliphatic rings. The van der Waals surface area contributed by atoms with Gasteiger partial charge in [0, 0.05) is 12.8 Å². The minimum Gasteiger partial charge on any atom is -0.462 e. The van der Waals surface area contributed by atoms with Crippen LogP contribution in [0, 0.1) is 0 Å². The van der Waals surface area contributed by atoms with Crippen LogP contribution in [0.3, 0.4) is 0 Å². The highest BCUT2D eigenvalue weighted by Gasteiger charge is 2.19. The van der Waals surface area contributed by atoms with Crippen LogP contribution in [0.2, 0.25) is 0 Å². The predicted molar refractivity (Wildman–Crippen MR) is 270 cm³/mol. The number of allylic oxidation sites excluding steroid dienone is 13. The van der Waals surface area contributed by atoms with E-state index in [-0.39, 0.29) is 31.6 Å². The van der Waals surface area contributed by atoms with E-state index in [0.29, 0.717) is 12.8 Å². The number of hydrogen-bond acceptors (Lipinski definition) is 6. The van der Waals surface area contributed by atoms with Crippen LogP contribution in [0.4, 0.5) is 0 Å². The average molecular weight is 877 g/mol. The second-order valence-corrected chi connectivity index (χ2v) is 17.1. The molecule has 0 saturated carbocycles. The fraction of sp³-hybridized carbons (Fsp3) is 0.702. The van der Waals surface area contributed by atoms with E-state index in [2.05, 4.69) is 93.7 Å². The maximum absolute atomic E-state index is 12.8. The zero-order chi connectivity index (χ0) is 45.8. The van der Waals surface area contributed by atoms with Crippen molar-refractivity contribution in [3.05, 3.63) is 85.1 Å². The van der Waals surface area contributed by atoms with Crippen molar-refractivity contribution in [1.29, 1.82) is 0 Å². The highest BCUT2D eigenvalue weighted by atomic mass is 16.6. The molecule has 0 N–H and O–H groups in total. The van der Waals surface area contributed by atoms with Gasteiger partial charge in [-0.15, -0.1) is 0 Å². The Morgan fingerprint density at radius 2 is 0.746 bits per heavy atom. The van der Waals surface area contributed by atoms with Crippen molar-refractivity contribution in [3.63, 3.8) is 0 Å². The summed E-state index contributed by atoms with van der Waals surface area (Å²) in [6.07, 6.45) is 66.1. The third-order valence-electron chi connectivity index (χ3n) is 10.9. The molecule has 0 aromatic heterocycles. The lowest BCUT2D eigenvalue weighted by Crippen LogP contribution is -2.30. The first-order chi connectivity index (χ1) is 31.0. The number of hydrogen-bond donors (Lipinski definition) is 0. The van der Waals surface area contributed by atoms with Crippen LogP contribution < -0.4 is 0 Å². The summed E-state index contributed by atoms with van der Waals surface area (Å²) in [6.45, 7) is 6.38.